The molecule has 3 aromatic rings. The Morgan fingerprint density at radius 1 is 1.33 bits per heavy atom. The molecule has 0 amide bonds. The number of fused-ring (bicyclic) bond motifs is 1. The largest absolute Gasteiger partial charge is 0.454 e. The molecule has 0 bridgehead atoms. The number of aromatic nitrogens is 1. The molecule has 0 aliphatic rings. The molecule has 18 heavy (non-hydrogen) atoms. The highest BCUT2D eigenvalue weighted by atomic mass is 32.1. The van der Waals surface area contributed by atoms with E-state index in [4.69, 9.17) is 4.42 Å². The van der Waals surface area contributed by atoms with Gasteiger partial charge >= 0.3 is 0 Å². The standard InChI is InChI=1S/C14H14N2OS/c1-9(15-2)13-8-16-14(18-13)12-7-10-5-3-4-6-11(10)17-12/h3-9,15H,1-2H3. The Morgan fingerprint density at radius 3 is 2.94 bits per heavy atom. The van der Waals surface area contributed by atoms with Crippen molar-refractivity contribution in [2.45, 2.75) is 13.0 Å². The summed E-state index contributed by atoms with van der Waals surface area (Å²) in [5, 5.41) is 5.26. The smallest absolute Gasteiger partial charge is 0.164 e. The number of benzene rings is 1. The number of nitrogens with one attached hydrogen (secondary N) is 1. The van der Waals surface area contributed by atoms with Crippen molar-refractivity contribution in [2.24, 2.45) is 0 Å². The maximum absolute atomic E-state index is 5.81. The highest BCUT2D eigenvalue weighted by molar-refractivity contribution is 7.15. The fraction of sp³-hybridized carbons (Fsp3) is 0.214. The summed E-state index contributed by atoms with van der Waals surface area (Å²) in [4.78, 5) is 5.65. The molecular weight excluding hydrogens is 244 g/mol. The van der Waals surface area contributed by atoms with Gasteiger partial charge in [-0.2, -0.15) is 0 Å². The van der Waals surface area contributed by atoms with Gasteiger partial charge < -0.3 is 9.73 Å². The predicted octanol–water partition coefficient (Wildman–Crippen LogP) is 3.84. The van der Waals surface area contributed by atoms with Crippen LogP contribution in [0.5, 0.6) is 0 Å². The van der Waals surface area contributed by atoms with Gasteiger partial charge in [-0.1, -0.05) is 18.2 Å². The van der Waals surface area contributed by atoms with Crippen LogP contribution in [-0.4, -0.2) is 12.0 Å². The predicted molar refractivity (Wildman–Crippen MR) is 74.8 cm³/mol. The number of nitrogens with zero attached hydrogens (tertiary/aromatic N) is 1. The topological polar surface area (TPSA) is 38.1 Å². The van der Waals surface area contributed by atoms with E-state index < -0.39 is 0 Å². The zero-order chi connectivity index (χ0) is 12.5. The van der Waals surface area contributed by atoms with Crippen LogP contribution in [0.2, 0.25) is 0 Å². The first-order valence-corrected chi connectivity index (χ1v) is 6.71. The molecule has 1 atom stereocenters. The lowest BCUT2D eigenvalue weighted by Gasteiger charge is -2.04. The minimum absolute atomic E-state index is 0.320. The molecule has 0 radical (unpaired) electrons. The van der Waals surface area contributed by atoms with Gasteiger partial charge in [-0.3, -0.25) is 0 Å². The number of rotatable bonds is 3. The van der Waals surface area contributed by atoms with E-state index in [1.807, 2.05) is 43.6 Å². The van der Waals surface area contributed by atoms with Crippen molar-refractivity contribution in [3.05, 3.63) is 41.4 Å². The molecule has 4 heteroatoms. The highest BCUT2D eigenvalue weighted by Gasteiger charge is 2.12. The average molecular weight is 258 g/mol. The molecule has 3 nitrogen and oxygen atoms in total. The van der Waals surface area contributed by atoms with Crippen molar-refractivity contribution in [1.82, 2.24) is 10.3 Å². The number of para-hydroxylation sites is 1. The third-order valence-corrected chi connectivity index (χ3v) is 4.21. The molecule has 0 saturated carbocycles. The van der Waals surface area contributed by atoms with E-state index in [0.717, 1.165) is 21.7 Å². The summed E-state index contributed by atoms with van der Waals surface area (Å²) in [5.41, 5.74) is 0.908. The van der Waals surface area contributed by atoms with Crippen LogP contribution >= 0.6 is 11.3 Å². The first-order chi connectivity index (χ1) is 8.78. The molecule has 1 unspecified atom stereocenters. The number of furan rings is 1. The van der Waals surface area contributed by atoms with E-state index in [1.165, 1.54) is 4.88 Å². The Bertz CT molecular complexity index is 638. The Labute approximate surface area is 109 Å². The van der Waals surface area contributed by atoms with Gasteiger partial charge in [0.15, 0.2) is 10.8 Å². The summed E-state index contributed by atoms with van der Waals surface area (Å²) in [7, 11) is 1.95. The maximum atomic E-state index is 5.81. The van der Waals surface area contributed by atoms with Gasteiger partial charge in [0.1, 0.15) is 5.58 Å². The second-order valence-corrected chi connectivity index (χ2v) is 5.29. The van der Waals surface area contributed by atoms with Gasteiger partial charge in [-0.15, -0.1) is 11.3 Å². The number of thiazole rings is 1. The quantitative estimate of drug-likeness (QED) is 0.775. The second kappa shape index (κ2) is 4.55. The zero-order valence-corrected chi connectivity index (χ0v) is 11.1. The fourth-order valence-electron chi connectivity index (χ4n) is 1.83. The van der Waals surface area contributed by atoms with Crippen molar-refractivity contribution >= 4 is 22.3 Å². The van der Waals surface area contributed by atoms with Gasteiger partial charge in [0.05, 0.1) is 0 Å². The van der Waals surface area contributed by atoms with Crippen LogP contribution in [0, 0.1) is 0 Å². The summed E-state index contributed by atoms with van der Waals surface area (Å²) in [6.07, 6.45) is 1.91. The summed E-state index contributed by atoms with van der Waals surface area (Å²) in [6.45, 7) is 2.12. The zero-order valence-electron chi connectivity index (χ0n) is 10.3. The van der Waals surface area contributed by atoms with E-state index in [1.54, 1.807) is 11.3 Å². The van der Waals surface area contributed by atoms with Gasteiger partial charge in [-0.05, 0) is 26.1 Å². The Kier molecular flexibility index (Phi) is 2.89. The van der Waals surface area contributed by atoms with Gasteiger partial charge in [0.2, 0.25) is 0 Å². The van der Waals surface area contributed by atoms with Crippen LogP contribution in [0.3, 0.4) is 0 Å². The van der Waals surface area contributed by atoms with Crippen molar-refractivity contribution in [2.75, 3.05) is 7.05 Å². The van der Waals surface area contributed by atoms with Gasteiger partial charge in [0.25, 0.3) is 0 Å². The fourth-order valence-corrected chi connectivity index (χ4v) is 2.76. The molecule has 2 aromatic heterocycles. The molecule has 0 aliphatic heterocycles. The lowest BCUT2D eigenvalue weighted by Crippen LogP contribution is -2.10. The van der Waals surface area contributed by atoms with Crippen LogP contribution in [0.1, 0.15) is 17.8 Å². The first-order valence-electron chi connectivity index (χ1n) is 5.90. The summed E-state index contributed by atoms with van der Waals surface area (Å²) >= 11 is 1.67. The minimum Gasteiger partial charge on any atom is -0.454 e. The second-order valence-electron chi connectivity index (χ2n) is 4.23. The monoisotopic (exact) mass is 258 g/mol. The molecule has 1 aromatic carbocycles. The molecule has 0 spiro atoms. The lowest BCUT2D eigenvalue weighted by atomic mass is 10.2. The molecule has 0 saturated heterocycles. The van der Waals surface area contributed by atoms with Crippen molar-refractivity contribution in [3.63, 3.8) is 0 Å². The van der Waals surface area contributed by atoms with Crippen LogP contribution in [-0.2, 0) is 0 Å². The SMILES string of the molecule is CNC(C)c1cnc(-c2cc3ccccc3o2)s1. The van der Waals surface area contributed by atoms with Crippen molar-refractivity contribution in [3.8, 4) is 10.8 Å². The summed E-state index contributed by atoms with van der Waals surface area (Å²) in [6, 6.07) is 10.4. The molecule has 2 heterocycles. The summed E-state index contributed by atoms with van der Waals surface area (Å²) < 4.78 is 5.81. The molecule has 0 aliphatic carbocycles. The third kappa shape index (κ3) is 1.94. The number of hydrogen-bond acceptors (Lipinski definition) is 4. The van der Waals surface area contributed by atoms with E-state index in [9.17, 15) is 0 Å². The summed E-state index contributed by atoms with van der Waals surface area (Å²) in [5.74, 6) is 0.843. The number of hydrogen-bond donors (Lipinski definition) is 1. The Hall–Kier alpha value is -1.65. The van der Waals surface area contributed by atoms with E-state index in [0.29, 0.717) is 6.04 Å². The van der Waals surface area contributed by atoms with E-state index in [-0.39, 0.29) is 0 Å². The molecule has 3 rings (SSSR count). The van der Waals surface area contributed by atoms with Crippen molar-refractivity contribution < 1.29 is 4.42 Å². The van der Waals surface area contributed by atoms with Crippen LogP contribution in [0.4, 0.5) is 0 Å². The molecular formula is C14H14N2OS. The van der Waals surface area contributed by atoms with Crippen molar-refractivity contribution in [1.29, 1.82) is 0 Å². The maximum Gasteiger partial charge on any atom is 0.164 e. The van der Waals surface area contributed by atoms with E-state index >= 15 is 0 Å². The van der Waals surface area contributed by atoms with Crippen LogP contribution in [0.15, 0.2) is 40.9 Å². The van der Waals surface area contributed by atoms with Crippen LogP contribution in [0.25, 0.3) is 21.7 Å². The molecule has 92 valence electrons. The van der Waals surface area contributed by atoms with Gasteiger partial charge in [-0.25, -0.2) is 4.98 Å². The minimum atomic E-state index is 0.320. The van der Waals surface area contributed by atoms with Crippen LogP contribution < -0.4 is 5.32 Å². The average Bonchev–Trinajstić information content (AvgIpc) is 3.03. The lowest BCUT2D eigenvalue weighted by molar-refractivity contribution is 0.631. The first kappa shape index (κ1) is 11.4. The van der Waals surface area contributed by atoms with E-state index in [2.05, 4.69) is 17.2 Å². The molecule has 0 fully saturated rings. The Morgan fingerprint density at radius 2 is 2.17 bits per heavy atom. The third-order valence-electron chi connectivity index (χ3n) is 3.02. The highest BCUT2D eigenvalue weighted by Crippen LogP contribution is 2.32. The van der Waals surface area contributed by atoms with Gasteiger partial charge in [0, 0.05) is 22.5 Å². The molecule has 1 N–H and O–H groups in total. The Balaban J connectivity index is 2.01. The normalized spacial score (nSPS) is 13.0.